The van der Waals surface area contributed by atoms with E-state index in [2.05, 4.69) is 5.32 Å². The summed E-state index contributed by atoms with van der Waals surface area (Å²) in [6.07, 6.45) is -3.64. The summed E-state index contributed by atoms with van der Waals surface area (Å²) in [6.45, 7) is 2.32. The molecule has 0 saturated carbocycles. The van der Waals surface area contributed by atoms with Crippen LogP contribution in [0, 0.1) is 5.92 Å². The second kappa shape index (κ2) is 5.26. The van der Waals surface area contributed by atoms with E-state index in [1.54, 1.807) is 6.92 Å². The van der Waals surface area contributed by atoms with E-state index in [0.29, 0.717) is 5.92 Å². The van der Waals surface area contributed by atoms with Crippen LogP contribution in [-0.2, 0) is 0 Å². The van der Waals surface area contributed by atoms with Crippen LogP contribution < -0.4 is 5.32 Å². The fourth-order valence-electron chi connectivity index (χ4n) is 1.53. The van der Waals surface area contributed by atoms with Crippen molar-refractivity contribution in [3.63, 3.8) is 0 Å². The molecule has 0 radical (unpaired) electrons. The fraction of sp³-hybridized carbons (Fsp3) is 1.00. The molecule has 0 aromatic rings. The molecule has 0 amide bonds. The lowest BCUT2D eigenvalue weighted by molar-refractivity contribution is -0.139. The molecule has 2 unspecified atom stereocenters. The molecule has 0 spiro atoms. The Balaban J connectivity index is 2.11. The van der Waals surface area contributed by atoms with Crippen molar-refractivity contribution in [2.24, 2.45) is 5.92 Å². The highest BCUT2D eigenvalue weighted by atomic mass is 32.2. The third-order valence-corrected chi connectivity index (χ3v) is 3.55. The summed E-state index contributed by atoms with van der Waals surface area (Å²) in [5.41, 5.74) is 0. The van der Waals surface area contributed by atoms with Gasteiger partial charge in [-0.1, -0.05) is 0 Å². The van der Waals surface area contributed by atoms with Crippen LogP contribution in [0.15, 0.2) is 0 Å². The second-order valence-corrected chi connectivity index (χ2v) is 5.01. The molecule has 0 aromatic heterocycles. The Morgan fingerprint density at radius 2 is 2.21 bits per heavy atom. The molecule has 1 nitrogen and oxygen atoms in total. The van der Waals surface area contributed by atoms with E-state index in [9.17, 15) is 13.2 Å². The van der Waals surface area contributed by atoms with Crippen LogP contribution in [0.2, 0.25) is 0 Å². The molecule has 1 heterocycles. The minimum absolute atomic E-state index is 0.458. The Bertz CT molecular complexity index is 166. The van der Waals surface area contributed by atoms with Gasteiger partial charge in [0.05, 0.1) is 6.42 Å². The molecule has 0 aliphatic carbocycles. The van der Waals surface area contributed by atoms with Crippen LogP contribution >= 0.6 is 11.8 Å². The van der Waals surface area contributed by atoms with Gasteiger partial charge in [0.1, 0.15) is 0 Å². The lowest BCUT2D eigenvalue weighted by Gasteiger charge is -2.17. The quantitative estimate of drug-likeness (QED) is 0.792. The van der Waals surface area contributed by atoms with Gasteiger partial charge in [-0.3, -0.25) is 0 Å². The Hall–Kier alpha value is 0.100. The highest BCUT2D eigenvalue weighted by Crippen LogP contribution is 2.24. The molecule has 1 fully saturated rings. The van der Waals surface area contributed by atoms with Crippen LogP contribution in [0.4, 0.5) is 13.2 Å². The van der Waals surface area contributed by atoms with E-state index in [0.717, 1.165) is 24.5 Å². The molecule has 1 saturated heterocycles. The zero-order valence-corrected chi connectivity index (χ0v) is 9.05. The van der Waals surface area contributed by atoms with Gasteiger partial charge in [0.15, 0.2) is 0 Å². The molecule has 0 bridgehead atoms. The monoisotopic (exact) mass is 227 g/mol. The van der Waals surface area contributed by atoms with E-state index in [1.807, 2.05) is 11.8 Å². The molecule has 2 atom stereocenters. The number of rotatable bonds is 4. The number of alkyl halides is 3. The molecule has 5 heteroatoms. The van der Waals surface area contributed by atoms with Crippen LogP contribution in [0.5, 0.6) is 0 Å². The van der Waals surface area contributed by atoms with Gasteiger partial charge in [0.25, 0.3) is 0 Å². The molecule has 14 heavy (non-hydrogen) atoms. The van der Waals surface area contributed by atoms with Crippen molar-refractivity contribution in [1.82, 2.24) is 5.32 Å². The molecular weight excluding hydrogens is 211 g/mol. The standard InChI is InChI=1S/C9H16F3NS/c1-7(4-9(10,11)12)13-5-8-2-3-14-6-8/h7-8,13H,2-6H2,1H3. The Morgan fingerprint density at radius 3 is 2.71 bits per heavy atom. The normalized spacial score (nSPS) is 25.3. The summed E-state index contributed by atoms with van der Waals surface area (Å²) in [5.74, 6) is 2.81. The maximum Gasteiger partial charge on any atom is 0.390 e. The first-order valence-corrected chi connectivity index (χ1v) is 6.01. The van der Waals surface area contributed by atoms with Gasteiger partial charge in [0, 0.05) is 6.04 Å². The van der Waals surface area contributed by atoms with Gasteiger partial charge in [-0.15, -0.1) is 0 Å². The molecule has 1 rings (SSSR count). The predicted molar refractivity (Wildman–Crippen MR) is 53.6 cm³/mol. The number of hydrogen-bond donors (Lipinski definition) is 1. The first kappa shape index (κ1) is 12.2. The summed E-state index contributed by atoms with van der Waals surface area (Å²) in [7, 11) is 0. The summed E-state index contributed by atoms with van der Waals surface area (Å²) in [5, 5.41) is 2.95. The number of halogens is 3. The summed E-state index contributed by atoms with van der Waals surface area (Å²) >= 11 is 1.88. The highest BCUT2D eigenvalue weighted by Gasteiger charge is 2.30. The second-order valence-electron chi connectivity index (χ2n) is 3.86. The summed E-state index contributed by atoms with van der Waals surface area (Å²) in [4.78, 5) is 0. The lowest BCUT2D eigenvalue weighted by Crippen LogP contribution is -2.34. The average Bonchev–Trinajstić information content (AvgIpc) is 2.49. The molecule has 1 N–H and O–H groups in total. The Kier molecular flexibility index (Phi) is 4.57. The topological polar surface area (TPSA) is 12.0 Å². The van der Waals surface area contributed by atoms with E-state index in [-0.39, 0.29) is 0 Å². The van der Waals surface area contributed by atoms with Gasteiger partial charge in [-0.25, -0.2) is 0 Å². The minimum atomic E-state index is -4.04. The van der Waals surface area contributed by atoms with Crippen molar-refractivity contribution in [2.75, 3.05) is 18.1 Å². The van der Waals surface area contributed by atoms with Crippen molar-refractivity contribution in [1.29, 1.82) is 0 Å². The highest BCUT2D eigenvalue weighted by molar-refractivity contribution is 7.99. The van der Waals surface area contributed by atoms with E-state index < -0.39 is 18.6 Å². The zero-order chi connectivity index (χ0) is 10.6. The van der Waals surface area contributed by atoms with Gasteiger partial charge in [-0.2, -0.15) is 24.9 Å². The Labute approximate surface area is 86.8 Å². The molecule has 0 aromatic carbocycles. The summed E-state index contributed by atoms with van der Waals surface area (Å²) in [6, 6.07) is -0.458. The number of thioether (sulfide) groups is 1. The van der Waals surface area contributed by atoms with Crippen molar-refractivity contribution in [3.8, 4) is 0 Å². The third-order valence-electron chi connectivity index (χ3n) is 2.32. The van der Waals surface area contributed by atoms with E-state index in [4.69, 9.17) is 0 Å². The first-order chi connectivity index (χ1) is 6.47. The molecule has 84 valence electrons. The number of nitrogens with one attached hydrogen (secondary N) is 1. The fourth-order valence-corrected chi connectivity index (χ4v) is 2.82. The molecule has 1 aliphatic heterocycles. The lowest BCUT2D eigenvalue weighted by atomic mass is 10.1. The maximum atomic E-state index is 12.0. The molecular formula is C9H16F3NS. The van der Waals surface area contributed by atoms with Crippen LogP contribution in [-0.4, -0.2) is 30.3 Å². The van der Waals surface area contributed by atoms with Crippen molar-refractivity contribution in [3.05, 3.63) is 0 Å². The van der Waals surface area contributed by atoms with Crippen LogP contribution in [0.25, 0.3) is 0 Å². The van der Waals surface area contributed by atoms with Gasteiger partial charge >= 0.3 is 6.18 Å². The van der Waals surface area contributed by atoms with E-state index in [1.165, 1.54) is 0 Å². The van der Waals surface area contributed by atoms with Crippen molar-refractivity contribution >= 4 is 11.8 Å². The van der Waals surface area contributed by atoms with Gasteiger partial charge < -0.3 is 5.32 Å². The SMILES string of the molecule is CC(CC(F)(F)F)NCC1CCSC1. The van der Waals surface area contributed by atoms with Gasteiger partial charge in [0.2, 0.25) is 0 Å². The summed E-state index contributed by atoms with van der Waals surface area (Å²) < 4.78 is 35.9. The smallest absolute Gasteiger partial charge is 0.314 e. The largest absolute Gasteiger partial charge is 0.390 e. The predicted octanol–water partition coefficient (Wildman–Crippen LogP) is 2.67. The zero-order valence-electron chi connectivity index (χ0n) is 8.23. The average molecular weight is 227 g/mol. The minimum Gasteiger partial charge on any atom is -0.314 e. The van der Waals surface area contributed by atoms with Crippen LogP contribution in [0.1, 0.15) is 19.8 Å². The van der Waals surface area contributed by atoms with Crippen molar-refractivity contribution in [2.45, 2.75) is 32.0 Å². The van der Waals surface area contributed by atoms with Crippen LogP contribution in [0.3, 0.4) is 0 Å². The van der Waals surface area contributed by atoms with Crippen molar-refractivity contribution < 1.29 is 13.2 Å². The molecule has 1 aliphatic rings. The third kappa shape index (κ3) is 5.10. The number of hydrogen-bond acceptors (Lipinski definition) is 2. The van der Waals surface area contributed by atoms with E-state index >= 15 is 0 Å². The Morgan fingerprint density at radius 1 is 1.50 bits per heavy atom. The van der Waals surface area contributed by atoms with Gasteiger partial charge in [-0.05, 0) is 37.3 Å². The maximum absolute atomic E-state index is 12.0. The first-order valence-electron chi connectivity index (χ1n) is 4.85.